The standard InChI is InChI=1S/C12H18N2OS/c1-2-14(8-6-7-8)12-13-11-9(15)4-3-5-10(11)16-12/h8-9,15H,2-7H2,1H3. The van der Waals surface area contributed by atoms with Crippen LogP contribution in [0.15, 0.2) is 0 Å². The van der Waals surface area contributed by atoms with Crippen molar-refractivity contribution in [3.8, 4) is 0 Å². The van der Waals surface area contributed by atoms with Gasteiger partial charge < -0.3 is 10.0 Å². The van der Waals surface area contributed by atoms with Crippen LogP contribution in [0.3, 0.4) is 0 Å². The smallest absolute Gasteiger partial charge is 0.186 e. The number of aryl methyl sites for hydroxylation is 1. The van der Waals surface area contributed by atoms with Crippen LogP contribution in [-0.4, -0.2) is 22.7 Å². The Bertz CT molecular complexity index is 386. The Labute approximate surface area is 100 Å². The van der Waals surface area contributed by atoms with Crippen LogP contribution in [0, 0.1) is 0 Å². The maximum absolute atomic E-state index is 9.91. The van der Waals surface area contributed by atoms with E-state index >= 15 is 0 Å². The molecule has 0 amide bonds. The van der Waals surface area contributed by atoms with E-state index in [0.29, 0.717) is 0 Å². The van der Waals surface area contributed by atoms with Gasteiger partial charge in [-0.3, -0.25) is 0 Å². The maximum atomic E-state index is 9.91. The average molecular weight is 238 g/mol. The summed E-state index contributed by atoms with van der Waals surface area (Å²) in [5.41, 5.74) is 0.963. The number of aromatic nitrogens is 1. The molecule has 2 aliphatic carbocycles. The predicted octanol–water partition coefficient (Wildman–Crippen LogP) is 2.50. The summed E-state index contributed by atoms with van der Waals surface area (Å²) >= 11 is 1.79. The summed E-state index contributed by atoms with van der Waals surface area (Å²) in [7, 11) is 0. The molecule has 0 spiro atoms. The largest absolute Gasteiger partial charge is 0.387 e. The molecule has 88 valence electrons. The molecule has 0 radical (unpaired) electrons. The summed E-state index contributed by atoms with van der Waals surface area (Å²) in [5, 5.41) is 11.0. The minimum Gasteiger partial charge on any atom is -0.387 e. The van der Waals surface area contributed by atoms with Gasteiger partial charge in [0, 0.05) is 17.5 Å². The Kier molecular flexibility index (Phi) is 2.64. The fourth-order valence-electron chi connectivity index (χ4n) is 2.44. The van der Waals surface area contributed by atoms with E-state index in [-0.39, 0.29) is 6.10 Å². The number of rotatable bonds is 3. The van der Waals surface area contributed by atoms with Gasteiger partial charge in [-0.2, -0.15) is 0 Å². The fourth-order valence-corrected chi connectivity index (χ4v) is 3.73. The molecule has 0 saturated heterocycles. The highest BCUT2D eigenvalue weighted by Crippen LogP contribution is 2.39. The first-order chi connectivity index (χ1) is 7.79. The molecular weight excluding hydrogens is 220 g/mol. The summed E-state index contributed by atoms with van der Waals surface area (Å²) < 4.78 is 0. The van der Waals surface area contributed by atoms with Crippen molar-refractivity contribution in [2.45, 2.75) is 51.2 Å². The summed E-state index contributed by atoms with van der Waals surface area (Å²) in [4.78, 5) is 8.37. The zero-order chi connectivity index (χ0) is 11.1. The molecule has 1 aromatic rings. The Hall–Kier alpha value is -0.610. The van der Waals surface area contributed by atoms with Crippen molar-refractivity contribution < 1.29 is 5.11 Å². The van der Waals surface area contributed by atoms with Gasteiger partial charge in [0.2, 0.25) is 0 Å². The SMILES string of the molecule is CCN(c1nc2c(s1)CCCC2O)C1CC1. The second-order valence-corrected chi connectivity index (χ2v) is 5.79. The molecule has 16 heavy (non-hydrogen) atoms. The monoisotopic (exact) mass is 238 g/mol. The van der Waals surface area contributed by atoms with Crippen molar-refractivity contribution in [3.63, 3.8) is 0 Å². The van der Waals surface area contributed by atoms with Crippen LogP contribution < -0.4 is 4.90 Å². The molecule has 1 atom stereocenters. The minimum atomic E-state index is -0.313. The third kappa shape index (κ3) is 1.74. The molecule has 1 unspecified atom stereocenters. The van der Waals surface area contributed by atoms with Gasteiger partial charge in [-0.05, 0) is 39.0 Å². The summed E-state index contributed by atoms with van der Waals surface area (Å²) in [5.74, 6) is 0. The van der Waals surface area contributed by atoms with Gasteiger partial charge in [0.05, 0.1) is 11.8 Å². The van der Waals surface area contributed by atoms with E-state index in [1.54, 1.807) is 11.3 Å². The Balaban J connectivity index is 1.90. The van der Waals surface area contributed by atoms with Crippen LogP contribution in [0.25, 0.3) is 0 Å². The highest BCUT2D eigenvalue weighted by atomic mass is 32.1. The molecular formula is C12H18N2OS. The van der Waals surface area contributed by atoms with Gasteiger partial charge in [0.15, 0.2) is 5.13 Å². The first-order valence-electron chi connectivity index (χ1n) is 6.24. The second-order valence-electron chi connectivity index (χ2n) is 4.73. The minimum absolute atomic E-state index is 0.313. The van der Waals surface area contributed by atoms with Crippen molar-refractivity contribution in [2.24, 2.45) is 0 Å². The van der Waals surface area contributed by atoms with Gasteiger partial charge in [0.1, 0.15) is 0 Å². The number of nitrogens with zero attached hydrogens (tertiary/aromatic N) is 2. The first-order valence-corrected chi connectivity index (χ1v) is 7.05. The fraction of sp³-hybridized carbons (Fsp3) is 0.750. The molecule has 1 saturated carbocycles. The van der Waals surface area contributed by atoms with Crippen molar-refractivity contribution in [3.05, 3.63) is 10.6 Å². The van der Waals surface area contributed by atoms with Gasteiger partial charge in [0.25, 0.3) is 0 Å². The third-order valence-corrected chi connectivity index (χ3v) is 4.66. The molecule has 2 aliphatic rings. The zero-order valence-corrected chi connectivity index (χ0v) is 10.5. The maximum Gasteiger partial charge on any atom is 0.186 e. The predicted molar refractivity (Wildman–Crippen MR) is 66.1 cm³/mol. The highest BCUT2D eigenvalue weighted by Gasteiger charge is 2.32. The number of thiazole rings is 1. The van der Waals surface area contributed by atoms with Crippen LogP contribution in [0.1, 0.15) is 49.3 Å². The first kappa shape index (κ1) is 10.5. The lowest BCUT2D eigenvalue weighted by molar-refractivity contribution is 0.153. The number of aliphatic hydroxyl groups excluding tert-OH is 1. The van der Waals surface area contributed by atoms with Crippen LogP contribution >= 0.6 is 11.3 Å². The van der Waals surface area contributed by atoms with E-state index in [1.807, 2.05) is 0 Å². The quantitative estimate of drug-likeness (QED) is 0.879. The van der Waals surface area contributed by atoms with Crippen LogP contribution in [0.2, 0.25) is 0 Å². The molecule has 1 N–H and O–H groups in total. The molecule has 3 nitrogen and oxygen atoms in total. The normalized spacial score (nSPS) is 24.2. The Morgan fingerprint density at radius 1 is 1.44 bits per heavy atom. The summed E-state index contributed by atoms with van der Waals surface area (Å²) in [6.45, 7) is 3.22. The van der Waals surface area contributed by atoms with E-state index in [1.165, 1.54) is 17.7 Å². The van der Waals surface area contributed by atoms with Crippen LogP contribution in [-0.2, 0) is 6.42 Å². The van der Waals surface area contributed by atoms with E-state index in [4.69, 9.17) is 0 Å². The van der Waals surface area contributed by atoms with Crippen molar-refractivity contribution in [1.29, 1.82) is 0 Å². The molecule has 0 bridgehead atoms. The number of anilines is 1. The summed E-state index contributed by atoms with van der Waals surface area (Å²) in [6.07, 6.45) is 5.39. The molecule has 3 rings (SSSR count). The summed E-state index contributed by atoms with van der Waals surface area (Å²) in [6, 6.07) is 0.717. The number of hydrogen-bond acceptors (Lipinski definition) is 4. The topological polar surface area (TPSA) is 36.4 Å². The number of hydrogen-bond donors (Lipinski definition) is 1. The Morgan fingerprint density at radius 3 is 2.88 bits per heavy atom. The number of aliphatic hydroxyl groups is 1. The molecule has 1 fully saturated rings. The molecule has 1 heterocycles. The molecule has 0 aliphatic heterocycles. The molecule has 4 heteroatoms. The van der Waals surface area contributed by atoms with E-state index < -0.39 is 0 Å². The van der Waals surface area contributed by atoms with Gasteiger partial charge in [-0.1, -0.05) is 0 Å². The van der Waals surface area contributed by atoms with Crippen LogP contribution in [0.4, 0.5) is 5.13 Å². The van der Waals surface area contributed by atoms with Crippen LogP contribution in [0.5, 0.6) is 0 Å². The lowest BCUT2D eigenvalue weighted by Crippen LogP contribution is -2.24. The van der Waals surface area contributed by atoms with Crippen molar-refractivity contribution in [1.82, 2.24) is 4.98 Å². The second kappa shape index (κ2) is 4.00. The van der Waals surface area contributed by atoms with Gasteiger partial charge in [-0.25, -0.2) is 4.98 Å². The van der Waals surface area contributed by atoms with Crippen molar-refractivity contribution in [2.75, 3.05) is 11.4 Å². The Morgan fingerprint density at radius 2 is 2.25 bits per heavy atom. The van der Waals surface area contributed by atoms with E-state index in [0.717, 1.165) is 42.7 Å². The lowest BCUT2D eigenvalue weighted by atomic mass is 10.0. The average Bonchev–Trinajstić information content (AvgIpc) is 2.99. The molecule has 1 aromatic heterocycles. The number of fused-ring (bicyclic) bond motifs is 1. The molecule has 0 aromatic carbocycles. The van der Waals surface area contributed by atoms with Gasteiger partial charge in [-0.15, -0.1) is 11.3 Å². The highest BCUT2D eigenvalue weighted by molar-refractivity contribution is 7.15. The third-order valence-electron chi connectivity index (χ3n) is 3.49. The van der Waals surface area contributed by atoms with Crippen molar-refractivity contribution >= 4 is 16.5 Å². The van der Waals surface area contributed by atoms with Gasteiger partial charge >= 0.3 is 0 Å². The van der Waals surface area contributed by atoms with E-state index in [2.05, 4.69) is 16.8 Å². The lowest BCUT2D eigenvalue weighted by Gasteiger charge is -2.18. The zero-order valence-electron chi connectivity index (χ0n) is 9.65. The van der Waals surface area contributed by atoms with E-state index in [9.17, 15) is 5.11 Å².